The lowest BCUT2D eigenvalue weighted by Crippen LogP contribution is -2.40. The number of hydrogen-bond donors (Lipinski definition) is 2. The highest BCUT2D eigenvalue weighted by Crippen LogP contribution is 2.31. The molecule has 0 spiro atoms. The Hall–Kier alpha value is -2.80. The third-order valence-corrected chi connectivity index (χ3v) is 4.55. The van der Waals surface area contributed by atoms with E-state index in [2.05, 4.69) is 20.3 Å². The third-order valence-electron chi connectivity index (χ3n) is 4.55. The molecular weight excluding hydrogens is 323 g/mol. The molecule has 3 aromatic rings. The number of nitrogens with one attached hydrogen (secondary N) is 2. The summed E-state index contributed by atoms with van der Waals surface area (Å²) in [6.07, 6.45) is 1.36. The summed E-state index contributed by atoms with van der Waals surface area (Å²) >= 11 is 0. The molecule has 2 heterocycles. The van der Waals surface area contributed by atoms with Crippen molar-refractivity contribution < 1.29 is 13.9 Å². The van der Waals surface area contributed by atoms with Crippen molar-refractivity contribution in [3.63, 3.8) is 0 Å². The van der Waals surface area contributed by atoms with Gasteiger partial charge in [-0.05, 0) is 32.4 Å². The molecule has 0 aliphatic carbocycles. The molecule has 1 unspecified atom stereocenters. The first kappa shape index (κ1) is 17.0. The number of hydrogen-bond acceptors (Lipinski definition) is 4. The maximum Gasteiger partial charge on any atom is 0.262 e. The van der Waals surface area contributed by atoms with Crippen molar-refractivity contribution in [3.8, 4) is 0 Å². The molecule has 0 aliphatic rings. The van der Waals surface area contributed by atoms with E-state index in [-0.39, 0.29) is 5.56 Å². The second-order valence-electron chi connectivity index (χ2n) is 5.99. The lowest BCUT2D eigenvalue weighted by Gasteiger charge is -2.27. The van der Waals surface area contributed by atoms with Crippen molar-refractivity contribution >= 4 is 22.8 Å². The van der Waals surface area contributed by atoms with Gasteiger partial charge in [0.25, 0.3) is 5.91 Å². The summed E-state index contributed by atoms with van der Waals surface area (Å²) in [7, 11) is 1.37. The number of nitrogens with zero attached hydrogens (tertiary/aromatic N) is 2. The Balaban J connectivity index is 2.03. The number of benzene rings is 1. The summed E-state index contributed by atoms with van der Waals surface area (Å²) < 4.78 is 19.6. The van der Waals surface area contributed by atoms with E-state index in [9.17, 15) is 9.18 Å². The Labute approximate surface area is 144 Å². The van der Waals surface area contributed by atoms with Crippen molar-refractivity contribution in [1.82, 2.24) is 15.0 Å². The van der Waals surface area contributed by atoms with E-state index in [4.69, 9.17) is 4.74 Å². The van der Waals surface area contributed by atoms with Crippen LogP contribution in [0, 0.1) is 19.7 Å². The molecule has 0 aliphatic heterocycles. The summed E-state index contributed by atoms with van der Waals surface area (Å²) in [5.74, 6) is -0.668. The largest absolute Gasteiger partial charge is 0.364 e. The number of amides is 1. The number of methoxy groups -OCH3 is 1. The average Bonchev–Trinajstić information content (AvgIpc) is 2.90. The zero-order valence-electron chi connectivity index (χ0n) is 14.5. The fourth-order valence-corrected chi connectivity index (χ4v) is 2.79. The lowest BCUT2D eigenvalue weighted by molar-refractivity contribution is -0.137. The van der Waals surface area contributed by atoms with Crippen LogP contribution < -0.4 is 5.32 Å². The molecular formula is C18H19FN4O2. The minimum absolute atomic E-state index is 0.155. The third kappa shape index (κ3) is 2.76. The van der Waals surface area contributed by atoms with Crippen molar-refractivity contribution in [2.75, 3.05) is 12.4 Å². The average molecular weight is 342 g/mol. The smallest absolute Gasteiger partial charge is 0.262 e. The normalized spacial score (nSPS) is 13.6. The van der Waals surface area contributed by atoms with Gasteiger partial charge in [0.2, 0.25) is 0 Å². The molecule has 0 saturated carbocycles. The van der Waals surface area contributed by atoms with E-state index in [0.717, 1.165) is 16.6 Å². The molecule has 6 nitrogen and oxygen atoms in total. The highest BCUT2D eigenvalue weighted by atomic mass is 19.1. The first-order chi connectivity index (χ1) is 11.9. The van der Waals surface area contributed by atoms with Crippen LogP contribution in [0.25, 0.3) is 11.0 Å². The molecule has 1 aromatic carbocycles. The number of rotatable bonds is 4. The summed E-state index contributed by atoms with van der Waals surface area (Å²) in [6.45, 7) is 5.36. The van der Waals surface area contributed by atoms with Gasteiger partial charge < -0.3 is 15.0 Å². The van der Waals surface area contributed by atoms with Gasteiger partial charge in [0, 0.05) is 18.4 Å². The molecule has 0 fully saturated rings. The van der Waals surface area contributed by atoms with Crippen LogP contribution in [0.1, 0.15) is 23.7 Å². The Morgan fingerprint density at radius 3 is 2.68 bits per heavy atom. The van der Waals surface area contributed by atoms with Gasteiger partial charge in [-0.25, -0.2) is 14.4 Å². The second-order valence-corrected chi connectivity index (χ2v) is 5.99. The van der Waals surface area contributed by atoms with Gasteiger partial charge in [-0.1, -0.05) is 18.2 Å². The van der Waals surface area contributed by atoms with Crippen molar-refractivity contribution in [2.45, 2.75) is 26.4 Å². The Morgan fingerprint density at radius 2 is 2.00 bits per heavy atom. The van der Waals surface area contributed by atoms with Crippen molar-refractivity contribution in [3.05, 3.63) is 53.2 Å². The Morgan fingerprint density at radius 1 is 1.28 bits per heavy atom. The van der Waals surface area contributed by atoms with Crippen molar-refractivity contribution in [1.29, 1.82) is 0 Å². The van der Waals surface area contributed by atoms with E-state index >= 15 is 0 Å². The van der Waals surface area contributed by atoms with Crippen LogP contribution in [-0.2, 0) is 15.1 Å². The van der Waals surface area contributed by atoms with Crippen molar-refractivity contribution in [2.24, 2.45) is 0 Å². The van der Waals surface area contributed by atoms with E-state index in [1.807, 2.05) is 13.8 Å². The molecule has 2 aromatic heterocycles. The number of aryl methyl sites for hydroxylation is 2. The number of H-pyrrole nitrogens is 1. The molecule has 0 bridgehead atoms. The summed E-state index contributed by atoms with van der Waals surface area (Å²) in [5, 5.41) is 3.48. The van der Waals surface area contributed by atoms with E-state index < -0.39 is 17.3 Å². The molecule has 0 saturated heterocycles. The monoisotopic (exact) mass is 342 g/mol. The molecule has 7 heteroatoms. The highest BCUT2D eigenvalue weighted by molar-refractivity contribution is 6.03. The number of aromatic nitrogens is 3. The van der Waals surface area contributed by atoms with Crippen LogP contribution in [0.3, 0.4) is 0 Å². The minimum Gasteiger partial charge on any atom is -0.364 e. The molecule has 0 radical (unpaired) electrons. The Kier molecular flexibility index (Phi) is 4.26. The summed E-state index contributed by atoms with van der Waals surface area (Å²) in [6, 6.07) is 6.04. The first-order valence-electron chi connectivity index (χ1n) is 7.80. The molecule has 1 amide bonds. The van der Waals surface area contributed by atoms with E-state index in [1.165, 1.54) is 32.5 Å². The number of fused-ring (bicyclic) bond motifs is 1. The predicted octanol–water partition coefficient (Wildman–Crippen LogP) is 3.21. The lowest BCUT2D eigenvalue weighted by atomic mass is 9.94. The van der Waals surface area contributed by atoms with Gasteiger partial charge in [-0.15, -0.1) is 0 Å². The van der Waals surface area contributed by atoms with Gasteiger partial charge in [0.1, 0.15) is 23.6 Å². The Bertz CT molecular complexity index is 953. The summed E-state index contributed by atoms with van der Waals surface area (Å²) in [4.78, 5) is 24.4. The zero-order chi connectivity index (χ0) is 18.2. The molecule has 2 N–H and O–H groups in total. The van der Waals surface area contributed by atoms with E-state index in [1.54, 1.807) is 12.1 Å². The molecule has 3 rings (SSSR count). The van der Waals surface area contributed by atoms with E-state index in [0.29, 0.717) is 11.5 Å². The van der Waals surface area contributed by atoms with Crippen LogP contribution in [-0.4, -0.2) is 28.0 Å². The maximum atomic E-state index is 14.2. The van der Waals surface area contributed by atoms with Crippen LogP contribution in [0.5, 0.6) is 0 Å². The van der Waals surface area contributed by atoms with Gasteiger partial charge >= 0.3 is 0 Å². The SMILES string of the molecule is COC(C)(C(=O)Nc1ncnc2[nH]c(C)c(C)c12)c1ccccc1F. The van der Waals surface area contributed by atoms with Gasteiger partial charge in [0.05, 0.1) is 5.39 Å². The minimum atomic E-state index is -1.50. The van der Waals surface area contributed by atoms with Gasteiger partial charge in [-0.2, -0.15) is 0 Å². The fourth-order valence-electron chi connectivity index (χ4n) is 2.79. The number of carbonyl (C=O) groups excluding carboxylic acids is 1. The second kappa shape index (κ2) is 6.25. The van der Waals surface area contributed by atoms with Gasteiger partial charge in [0.15, 0.2) is 5.60 Å². The molecule has 25 heavy (non-hydrogen) atoms. The highest BCUT2D eigenvalue weighted by Gasteiger charge is 2.38. The number of carbonyl (C=O) groups is 1. The molecule has 1 atom stereocenters. The van der Waals surface area contributed by atoms with Crippen LogP contribution in [0.2, 0.25) is 0 Å². The number of ether oxygens (including phenoxy) is 1. The van der Waals surface area contributed by atoms with Gasteiger partial charge in [-0.3, -0.25) is 4.79 Å². The first-order valence-corrected chi connectivity index (χ1v) is 7.80. The zero-order valence-corrected chi connectivity index (χ0v) is 14.5. The topological polar surface area (TPSA) is 79.9 Å². The number of halogens is 1. The quantitative estimate of drug-likeness (QED) is 0.763. The fraction of sp³-hybridized carbons (Fsp3) is 0.278. The summed E-state index contributed by atoms with van der Waals surface area (Å²) in [5.41, 5.74) is 1.17. The number of anilines is 1. The van der Waals surface area contributed by atoms with Crippen LogP contribution in [0.4, 0.5) is 10.2 Å². The predicted molar refractivity (Wildman–Crippen MR) is 92.8 cm³/mol. The molecule has 130 valence electrons. The van der Waals surface area contributed by atoms with Crippen LogP contribution in [0.15, 0.2) is 30.6 Å². The number of aromatic amines is 1. The maximum absolute atomic E-state index is 14.2. The van der Waals surface area contributed by atoms with Crippen LogP contribution >= 0.6 is 0 Å². The standard InChI is InChI=1S/C18H19FN4O2/c1-10-11(2)22-15-14(10)16(21-9-20-15)23-17(24)18(3,25-4)12-7-5-6-8-13(12)19/h5-9H,1-4H3,(H2,20,21,22,23,24).